The van der Waals surface area contributed by atoms with E-state index in [0.29, 0.717) is 0 Å². The molecule has 29 heavy (non-hydrogen) atoms. The topological polar surface area (TPSA) is 143 Å². The minimum Gasteiger partial charge on any atom is -0.354 e. The van der Waals surface area contributed by atoms with E-state index in [1.165, 1.54) is 18.3 Å². The van der Waals surface area contributed by atoms with Crippen LogP contribution in [0.4, 0.5) is 17.2 Å². The van der Waals surface area contributed by atoms with Gasteiger partial charge in [-0.2, -0.15) is 0 Å². The number of sulfone groups is 1. The number of hydrogen-bond acceptors (Lipinski definition) is 8. The highest BCUT2D eigenvalue weighted by Crippen LogP contribution is 2.70. The molecule has 2 fully saturated rings. The Morgan fingerprint density at radius 3 is 2.72 bits per heavy atom. The highest BCUT2D eigenvalue weighted by atomic mass is 32.2. The Labute approximate surface area is 171 Å². The Hall–Kier alpha value is -3.08. The number of nitrogens with zero attached hydrogens (tertiary/aromatic N) is 3. The molecule has 2 heterocycles. The van der Waals surface area contributed by atoms with Crippen LogP contribution in [0.5, 0.6) is 0 Å². The van der Waals surface area contributed by atoms with Crippen molar-refractivity contribution in [3.8, 4) is 0 Å². The Morgan fingerprint density at radius 2 is 2.07 bits per heavy atom. The number of pyridine rings is 1. The fourth-order valence-corrected chi connectivity index (χ4v) is 4.11. The third-order valence-electron chi connectivity index (χ3n) is 5.23. The molecule has 0 unspecified atom stereocenters. The van der Waals surface area contributed by atoms with Crippen LogP contribution >= 0.6 is 0 Å². The van der Waals surface area contributed by atoms with Gasteiger partial charge in [-0.3, -0.25) is 14.6 Å². The summed E-state index contributed by atoms with van der Waals surface area (Å²) < 4.78 is 45.9. The van der Waals surface area contributed by atoms with Gasteiger partial charge in [-0.15, -0.1) is 10.2 Å². The van der Waals surface area contributed by atoms with Gasteiger partial charge in [0.25, 0.3) is 5.91 Å². The molecule has 1 atom stereocenters. The number of amides is 2. The molecule has 10 nitrogen and oxygen atoms in total. The predicted molar refractivity (Wildman–Crippen MR) is 104 cm³/mol. The van der Waals surface area contributed by atoms with E-state index in [2.05, 4.69) is 25.8 Å². The minimum absolute atomic E-state index is 0.0370. The van der Waals surface area contributed by atoms with Gasteiger partial charge in [0.05, 0.1) is 11.4 Å². The molecule has 0 saturated heterocycles. The van der Waals surface area contributed by atoms with Crippen molar-refractivity contribution in [2.45, 2.75) is 24.2 Å². The lowest BCUT2D eigenvalue weighted by atomic mass is 10.2. The molecule has 4 rings (SSSR count). The number of carbonyl (C=O) groups is 2. The van der Waals surface area contributed by atoms with Crippen molar-refractivity contribution in [2.75, 3.05) is 23.9 Å². The number of anilines is 3. The lowest BCUT2D eigenvalue weighted by Gasteiger charge is -2.14. The van der Waals surface area contributed by atoms with Crippen LogP contribution in [-0.2, 0) is 14.6 Å². The molecule has 2 aromatic rings. The zero-order valence-corrected chi connectivity index (χ0v) is 16.2. The molecule has 152 valence electrons. The maximum absolute atomic E-state index is 12.5. The monoisotopic (exact) mass is 419 g/mol. The first-order valence-electron chi connectivity index (χ1n) is 10.3. The van der Waals surface area contributed by atoms with E-state index in [9.17, 15) is 18.0 Å². The van der Waals surface area contributed by atoms with Gasteiger partial charge in [0.15, 0.2) is 21.3 Å². The first-order chi connectivity index (χ1) is 14.9. The molecule has 0 aromatic carbocycles. The summed E-state index contributed by atoms with van der Waals surface area (Å²) in [6.45, 7) is -2.78. The van der Waals surface area contributed by atoms with Crippen LogP contribution in [0.15, 0.2) is 29.4 Å². The summed E-state index contributed by atoms with van der Waals surface area (Å²) >= 11 is 0. The third-order valence-corrected chi connectivity index (χ3v) is 6.35. The molecule has 2 aromatic heterocycles. The molecule has 0 bridgehead atoms. The third kappa shape index (κ3) is 3.77. The van der Waals surface area contributed by atoms with Crippen molar-refractivity contribution in [3.63, 3.8) is 0 Å². The van der Waals surface area contributed by atoms with Gasteiger partial charge in [0, 0.05) is 41.7 Å². The van der Waals surface area contributed by atoms with Crippen LogP contribution in [0, 0.1) is 11.3 Å². The van der Waals surface area contributed by atoms with Crippen molar-refractivity contribution >= 4 is 38.8 Å². The predicted octanol–water partition coefficient (Wildman–Crippen LogP) is 1.12. The van der Waals surface area contributed by atoms with Crippen molar-refractivity contribution < 1.29 is 22.1 Å². The first-order valence-corrected chi connectivity index (χ1v) is 10.7. The quantitative estimate of drug-likeness (QED) is 0.632. The van der Waals surface area contributed by atoms with Crippen molar-refractivity contribution in [3.05, 3.63) is 30.2 Å². The number of hydrogen-bond donors (Lipinski definition) is 3. The molecule has 2 aliphatic rings. The summed E-state index contributed by atoms with van der Waals surface area (Å²) in [5.74, 6) is -1.30. The fraction of sp³-hybridized carbons (Fsp3) is 0.389. The average molecular weight is 419 g/mol. The average Bonchev–Trinajstić information content (AvgIpc) is 3.59. The highest BCUT2D eigenvalue weighted by molar-refractivity contribution is 7.90. The second-order valence-corrected chi connectivity index (χ2v) is 9.31. The molecule has 0 aliphatic heterocycles. The SMILES string of the molecule is [2H]C([2H])([2H])NC(=O)c1nnc(NC(=O)[C@H]2CC23CC3)cc1Nc1ccncc1S(C)(=O)=O. The van der Waals surface area contributed by atoms with Crippen LogP contribution in [0.25, 0.3) is 0 Å². The maximum Gasteiger partial charge on any atom is 0.273 e. The molecular weight excluding hydrogens is 396 g/mol. The summed E-state index contributed by atoms with van der Waals surface area (Å²) in [6, 6.07) is 2.68. The molecule has 11 heteroatoms. The zero-order chi connectivity index (χ0) is 23.3. The van der Waals surface area contributed by atoms with Gasteiger partial charge in [0.2, 0.25) is 5.91 Å². The van der Waals surface area contributed by atoms with E-state index in [1.54, 1.807) is 0 Å². The van der Waals surface area contributed by atoms with Gasteiger partial charge in [-0.1, -0.05) is 0 Å². The highest BCUT2D eigenvalue weighted by Gasteiger charge is 2.65. The lowest BCUT2D eigenvalue weighted by molar-refractivity contribution is -0.117. The molecular formula is C18H20N6O4S. The molecule has 0 radical (unpaired) electrons. The molecule has 1 spiro atoms. The van der Waals surface area contributed by atoms with Gasteiger partial charge >= 0.3 is 0 Å². The zero-order valence-electron chi connectivity index (χ0n) is 18.4. The van der Waals surface area contributed by atoms with Crippen molar-refractivity contribution in [2.24, 2.45) is 11.3 Å². The summed E-state index contributed by atoms with van der Waals surface area (Å²) in [4.78, 5) is 28.6. The fourth-order valence-electron chi connectivity index (χ4n) is 3.34. The van der Waals surface area contributed by atoms with Crippen molar-refractivity contribution in [1.29, 1.82) is 0 Å². The first kappa shape index (κ1) is 15.8. The lowest BCUT2D eigenvalue weighted by Crippen LogP contribution is -2.23. The molecule has 2 amide bonds. The van der Waals surface area contributed by atoms with Gasteiger partial charge in [-0.25, -0.2) is 8.42 Å². The van der Waals surface area contributed by atoms with E-state index in [1.807, 2.05) is 5.32 Å². The molecule has 3 N–H and O–H groups in total. The van der Waals surface area contributed by atoms with Crippen LogP contribution in [0.3, 0.4) is 0 Å². The number of rotatable bonds is 6. The van der Waals surface area contributed by atoms with Crippen LogP contribution in [0.2, 0.25) is 0 Å². The Morgan fingerprint density at radius 1 is 1.28 bits per heavy atom. The Kier molecular flexibility index (Phi) is 3.68. The summed E-state index contributed by atoms with van der Waals surface area (Å²) in [5, 5.41) is 14.9. The largest absolute Gasteiger partial charge is 0.354 e. The summed E-state index contributed by atoms with van der Waals surface area (Å²) in [5.41, 5.74) is -0.208. The number of nitrogens with one attached hydrogen (secondary N) is 3. The standard InChI is InChI=1S/C18H20N6O4S/c1-19-17(26)15-12(21-11-3-6-20-9-13(11)29(2,27)28)7-14(23-24-15)22-16(25)10-8-18(10)4-5-18/h3,6-7,9-10H,4-5,8H2,1-2H3,(H,19,26)(H2,20,21,22,23,25)/t10-/m1/s1/i1D3. The van der Waals surface area contributed by atoms with Gasteiger partial charge in [-0.05, 0) is 30.7 Å². The summed E-state index contributed by atoms with van der Waals surface area (Å²) in [7, 11) is -3.67. The smallest absolute Gasteiger partial charge is 0.273 e. The number of carbonyl (C=O) groups excluding carboxylic acids is 2. The molecule has 2 aliphatic carbocycles. The van der Waals surface area contributed by atoms with Gasteiger partial charge < -0.3 is 16.0 Å². The van der Waals surface area contributed by atoms with E-state index in [-0.39, 0.29) is 45.0 Å². The summed E-state index contributed by atoms with van der Waals surface area (Å²) in [6.07, 6.45) is 6.35. The Balaban J connectivity index is 1.67. The Bertz CT molecular complexity index is 1210. The van der Waals surface area contributed by atoms with Crippen molar-refractivity contribution in [1.82, 2.24) is 20.5 Å². The normalized spacial score (nSPS) is 20.7. The van der Waals surface area contributed by atoms with E-state index < -0.39 is 22.7 Å². The van der Waals surface area contributed by atoms with Crippen LogP contribution in [-0.4, -0.2) is 48.6 Å². The molecule has 2 saturated carbocycles. The van der Waals surface area contributed by atoms with Crippen LogP contribution < -0.4 is 16.0 Å². The second kappa shape index (κ2) is 6.76. The number of aromatic nitrogens is 3. The second-order valence-electron chi connectivity index (χ2n) is 7.32. The van der Waals surface area contributed by atoms with E-state index in [0.717, 1.165) is 31.7 Å². The minimum atomic E-state index is -3.67. The van der Waals surface area contributed by atoms with E-state index >= 15 is 0 Å². The van der Waals surface area contributed by atoms with Crippen LogP contribution in [0.1, 0.15) is 33.9 Å². The van der Waals surface area contributed by atoms with E-state index in [4.69, 9.17) is 4.11 Å². The van der Waals surface area contributed by atoms with Gasteiger partial charge in [0.1, 0.15) is 4.90 Å². The maximum atomic E-state index is 12.5.